The largest absolute Gasteiger partial charge is 0.495 e. The molecule has 3 N–H and O–H groups in total. The molecule has 0 radical (unpaired) electrons. The summed E-state index contributed by atoms with van der Waals surface area (Å²) in [5.74, 6) is 0.279. The van der Waals surface area contributed by atoms with Crippen LogP contribution in [-0.4, -0.2) is 13.0 Å². The monoisotopic (exact) mass is 296 g/mol. The van der Waals surface area contributed by atoms with Gasteiger partial charge in [-0.2, -0.15) is 0 Å². The number of hydrogen-bond donors (Lipinski definition) is 2. The summed E-state index contributed by atoms with van der Waals surface area (Å²) in [6, 6.07) is 5.06. The van der Waals surface area contributed by atoms with E-state index in [2.05, 4.69) is 5.32 Å². The number of ether oxygens (including phenoxy) is 1. The Balaban J connectivity index is 2.22. The third-order valence-corrected chi connectivity index (χ3v) is 4.29. The molecule has 0 saturated carbocycles. The lowest BCUT2D eigenvalue weighted by Gasteiger charge is -2.08. The Labute approximate surface area is 120 Å². The van der Waals surface area contributed by atoms with Gasteiger partial charge in [0.1, 0.15) is 10.6 Å². The van der Waals surface area contributed by atoms with Gasteiger partial charge in [0.15, 0.2) is 0 Å². The van der Waals surface area contributed by atoms with Gasteiger partial charge in [-0.05, 0) is 30.0 Å². The molecule has 0 fully saturated rings. The molecule has 100 valence electrons. The number of amides is 1. The first-order valence-corrected chi connectivity index (χ1v) is 6.77. The van der Waals surface area contributed by atoms with Crippen molar-refractivity contribution in [1.82, 2.24) is 0 Å². The maximum atomic E-state index is 12.1. The van der Waals surface area contributed by atoms with Crippen molar-refractivity contribution in [3.63, 3.8) is 0 Å². The molecule has 19 heavy (non-hydrogen) atoms. The topological polar surface area (TPSA) is 64.3 Å². The lowest BCUT2D eigenvalue weighted by atomic mass is 10.2. The van der Waals surface area contributed by atoms with Crippen LogP contribution < -0.4 is 15.8 Å². The summed E-state index contributed by atoms with van der Waals surface area (Å²) in [6.45, 7) is 1.86. The van der Waals surface area contributed by atoms with E-state index >= 15 is 0 Å². The molecule has 0 aliphatic heterocycles. The molecule has 1 heterocycles. The Morgan fingerprint density at radius 1 is 1.47 bits per heavy atom. The molecule has 1 aromatic heterocycles. The van der Waals surface area contributed by atoms with Crippen LogP contribution >= 0.6 is 22.9 Å². The van der Waals surface area contributed by atoms with Gasteiger partial charge in [-0.25, -0.2) is 0 Å². The van der Waals surface area contributed by atoms with Gasteiger partial charge < -0.3 is 15.8 Å². The van der Waals surface area contributed by atoms with E-state index in [4.69, 9.17) is 22.1 Å². The SMILES string of the molecule is COc1cc(NC(=O)c2scc(C)c2Cl)ccc1N. The van der Waals surface area contributed by atoms with Gasteiger partial charge in [0, 0.05) is 11.8 Å². The Morgan fingerprint density at radius 3 is 2.79 bits per heavy atom. The molecule has 2 rings (SSSR count). The van der Waals surface area contributed by atoms with Crippen molar-refractivity contribution in [2.24, 2.45) is 0 Å². The maximum Gasteiger partial charge on any atom is 0.267 e. The van der Waals surface area contributed by atoms with Crippen molar-refractivity contribution in [1.29, 1.82) is 0 Å². The Bertz CT molecular complexity index is 625. The van der Waals surface area contributed by atoms with Crippen LogP contribution in [0.5, 0.6) is 5.75 Å². The second-order valence-corrected chi connectivity index (χ2v) is 5.23. The molecule has 1 aromatic carbocycles. The number of aryl methyl sites for hydroxylation is 1. The first kappa shape index (κ1) is 13.7. The molecule has 6 heteroatoms. The van der Waals surface area contributed by atoms with Gasteiger partial charge in [0.05, 0.1) is 17.8 Å². The van der Waals surface area contributed by atoms with Crippen LogP contribution in [0.1, 0.15) is 15.2 Å². The molecule has 4 nitrogen and oxygen atoms in total. The highest BCUT2D eigenvalue weighted by Gasteiger charge is 2.15. The minimum atomic E-state index is -0.241. The molecule has 0 unspecified atom stereocenters. The van der Waals surface area contributed by atoms with Gasteiger partial charge in [0.2, 0.25) is 0 Å². The summed E-state index contributed by atoms with van der Waals surface area (Å²) in [4.78, 5) is 12.6. The normalized spacial score (nSPS) is 10.3. The number of methoxy groups -OCH3 is 1. The van der Waals surface area contributed by atoms with Gasteiger partial charge in [0.25, 0.3) is 5.91 Å². The van der Waals surface area contributed by atoms with Gasteiger partial charge >= 0.3 is 0 Å². The second kappa shape index (κ2) is 5.50. The van der Waals surface area contributed by atoms with Gasteiger partial charge in [-0.3, -0.25) is 4.79 Å². The molecule has 1 amide bonds. The number of nitrogen functional groups attached to an aromatic ring is 1. The number of halogens is 1. The summed E-state index contributed by atoms with van der Waals surface area (Å²) in [5, 5.41) is 5.10. The van der Waals surface area contributed by atoms with Crippen molar-refractivity contribution in [3.8, 4) is 5.75 Å². The summed E-state index contributed by atoms with van der Waals surface area (Å²) in [5.41, 5.74) is 7.74. The molecule has 0 spiro atoms. The van der Waals surface area contributed by atoms with Crippen LogP contribution in [0.25, 0.3) is 0 Å². The Hall–Kier alpha value is -1.72. The molecule has 0 saturated heterocycles. The van der Waals surface area contributed by atoms with Crippen LogP contribution in [-0.2, 0) is 0 Å². The first-order chi connectivity index (χ1) is 9.02. The fourth-order valence-corrected chi connectivity index (χ4v) is 2.73. The number of rotatable bonds is 3. The summed E-state index contributed by atoms with van der Waals surface area (Å²) in [6.07, 6.45) is 0. The van der Waals surface area contributed by atoms with Crippen LogP contribution in [0.15, 0.2) is 23.6 Å². The van der Waals surface area contributed by atoms with Crippen LogP contribution in [0.4, 0.5) is 11.4 Å². The van der Waals surface area contributed by atoms with E-state index in [-0.39, 0.29) is 5.91 Å². The number of hydrogen-bond acceptors (Lipinski definition) is 4. The molecular formula is C13H13ClN2O2S. The number of anilines is 2. The van der Waals surface area contributed by atoms with Gasteiger partial charge in [-0.1, -0.05) is 11.6 Å². The van der Waals surface area contributed by atoms with Crippen molar-refractivity contribution < 1.29 is 9.53 Å². The lowest BCUT2D eigenvalue weighted by Crippen LogP contribution is -2.11. The highest BCUT2D eigenvalue weighted by molar-refractivity contribution is 7.13. The smallest absolute Gasteiger partial charge is 0.267 e. The highest BCUT2D eigenvalue weighted by Crippen LogP contribution is 2.29. The molecule has 0 aliphatic rings. The number of carbonyl (C=O) groups is 1. The van der Waals surface area contributed by atoms with Crippen molar-refractivity contribution >= 4 is 40.2 Å². The average molecular weight is 297 g/mol. The predicted molar refractivity (Wildman–Crippen MR) is 79.4 cm³/mol. The number of carbonyl (C=O) groups excluding carboxylic acids is 1. The van der Waals surface area contributed by atoms with Crippen LogP contribution in [0.3, 0.4) is 0 Å². The number of benzene rings is 1. The molecular weight excluding hydrogens is 284 g/mol. The lowest BCUT2D eigenvalue weighted by molar-refractivity contribution is 0.103. The second-order valence-electron chi connectivity index (χ2n) is 3.97. The molecule has 2 aromatic rings. The minimum absolute atomic E-state index is 0.241. The van der Waals surface area contributed by atoms with Gasteiger partial charge in [-0.15, -0.1) is 11.3 Å². The van der Waals surface area contributed by atoms with E-state index in [1.807, 2.05) is 12.3 Å². The molecule has 0 atom stereocenters. The van der Waals surface area contributed by atoms with Crippen molar-refractivity contribution in [2.75, 3.05) is 18.2 Å². The number of thiophene rings is 1. The third kappa shape index (κ3) is 2.83. The van der Waals surface area contributed by atoms with Crippen LogP contribution in [0, 0.1) is 6.92 Å². The Morgan fingerprint density at radius 2 is 2.21 bits per heavy atom. The predicted octanol–water partition coefficient (Wildman–Crippen LogP) is 3.55. The fraction of sp³-hybridized carbons (Fsp3) is 0.154. The zero-order valence-corrected chi connectivity index (χ0v) is 12.1. The molecule has 0 aliphatic carbocycles. The van der Waals surface area contributed by atoms with E-state index in [0.29, 0.717) is 27.0 Å². The molecule has 0 bridgehead atoms. The number of nitrogens with one attached hydrogen (secondary N) is 1. The average Bonchev–Trinajstić information content (AvgIpc) is 2.72. The maximum absolute atomic E-state index is 12.1. The summed E-state index contributed by atoms with van der Waals surface area (Å²) in [7, 11) is 1.52. The van der Waals surface area contributed by atoms with Crippen molar-refractivity contribution in [3.05, 3.63) is 39.0 Å². The minimum Gasteiger partial charge on any atom is -0.495 e. The van der Waals surface area contributed by atoms with E-state index < -0.39 is 0 Å². The van der Waals surface area contributed by atoms with E-state index in [1.165, 1.54) is 18.4 Å². The Kier molecular flexibility index (Phi) is 3.97. The van der Waals surface area contributed by atoms with E-state index in [0.717, 1.165) is 5.56 Å². The quantitative estimate of drug-likeness (QED) is 0.851. The first-order valence-electron chi connectivity index (χ1n) is 5.51. The van der Waals surface area contributed by atoms with Crippen LogP contribution in [0.2, 0.25) is 5.02 Å². The summed E-state index contributed by atoms with van der Waals surface area (Å²) >= 11 is 7.38. The van der Waals surface area contributed by atoms with E-state index in [9.17, 15) is 4.79 Å². The zero-order chi connectivity index (χ0) is 14.0. The summed E-state index contributed by atoms with van der Waals surface area (Å²) < 4.78 is 5.10. The standard InChI is InChI=1S/C13H13ClN2O2S/c1-7-6-19-12(11(7)14)13(17)16-8-3-4-9(15)10(5-8)18-2/h3-6H,15H2,1-2H3,(H,16,17). The highest BCUT2D eigenvalue weighted by atomic mass is 35.5. The number of nitrogens with two attached hydrogens (primary N) is 1. The fourth-order valence-electron chi connectivity index (χ4n) is 1.56. The van der Waals surface area contributed by atoms with Crippen molar-refractivity contribution in [2.45, 2.75) is 6.92 Å². The zero-order valence-electron chi connectivity index (χ0n) is 10.5. The third-order valence-electron chi connectivity index (χ3n) is 2.60. The van der Waals surface area contributed by atoms with E-state index in [1.54, 1.807) is 18.2 Å².